The third kappa shape index (κ3) is 2.94. The van der Waals surface area contributed by atoms with Gasteiger partial charge in [-0.1, -0.05) is 11.6 Å². The molecule has 7 heavy (non-hydrogen) atoms. The molecule has 0 aromatic rings. The number of ketones is 1. The quantitative estimate of drug-likeness (QED) is 0.429. The zero-order valence-electron chi connectivity index (χ0n) is 4.23. The number of carbonyl (C=O) groups excluding carboxylic acids is 1. The first-order chi connectivity index (χ1) is 2.94. The van der Waals surface area contributed by atoms with Gasteiger partial charge in [0.25, 0.3) is 0 Å². The maximum Gasteiger partial charge on any atom is 0.160 e. The van der Waals surface area contributed by atoms with Crippen LogP contribution >= 0.6 is 24.2 Å². The molecule has 42 valence electrons. The molecule has 1 unspecified atom stereocenters. The minimum atomic E-state index is -0.972. The first kappa shape index (κ1) is 7.31. The fourth-order valence-electron chi connectivity index (χ4n) is 0. The van der Waals surface area contributed by atoms with Crippen LogP contribution in [0.5, 0.6) is 0 Å². The predicted octanol–water partition coefficient (Wildman–Crippen LogP) is 1.46. The summed E-state index contributed by atoms with van der Waals surface area (Å²) in [5.74, 6) is -0.127. The number of carbonyl (C=O) groups is 1. The fraction of sp³-hybridized carbons (Fsp3) is 0.750. The molecule has 0 fully saturated rings. The normalized spacial score (nSPS) is 18.3. The van der Waals surface area contributed by atoms with Crippen molar-refractivity contribution < 1.29 is 4.79 Å². The van der Waals surface area contributed by atoms with E-state index in [0.29, 0.717) is 0 Å². The minimum absolute atomic E-state index is 0.127. The zero-order valence-corrected chi connectivity index (χ0v) is 5.88. The van der Waals surface area contributed by atoms with Gasteiger partial charge in [0.15, 0.2) is 5.78 Å². The SMILES string of the molecule is CC(=O)C(C)(S)Cl. The van der Waals surface area contributed by atoms with Crippen LogP contribution in [-0.2, 0) is 4.79 Å². The lowest BCUT2D eigenvalue weighted by atomic mass is 10.3. The molecule has 0 aliphatic carbocycles. The van der Waals surface area contributed by atoms with Gasteiger partial charge in [0.1, 0.15) is 4.21 Å². The lowest BCUT2D eigenvalue weighted by Crippen LogP contribution is -2.17. The fourth-order valence-corrected chi connectivity index (χ4v) is 0. The second kappa shape index (κ2) is 2.05. The first-order valence-corrected chi connectivity index (χ1v) is 2.69. The maximum absolute atomic E-state index is 10.3. The van der Waals surface area contributed by atoms with Gasteiger partial charge in [-0.25, -0.2) is 0 Å². The van der Waals surface area contributed by atoms with Gasteiger partial charge in [-0.05, 0) is 13.8 Å². The third-order valence-electron chi connectivity index (χ3n) is 0.643. The average molecular weight is 139 g/mol. The summed E-state index contributed by atoms with van der Waals surface area (Å²) >= 11 is 9.15. The van der Waals surface area contributed by atoms with Gasteiger partial charge in [0, 0.05) is 0 Å². The molecule has 0 amide bonds. The van der Waals surface area contributed by atoms with Crippen LogP contribution < -0.4 is 0 Å². The Morgan fingerprint density at radius 1 is 1.86 bits per heavy atom. The molecule has 0 saturated heterocycles. The van der Waals surface area contributed by atoms with Crippen LogP contribution in [-0.4, -0.2) is 9.99 Å². The molecule has 1 nitrogen and oxygen atoms in total. The molecule has 0 aliphatic rings. The zero-order chi connectivity index (χ0) is 6.08. The van der Waals surface area contributed by atoms with Crippen molar-refractivity contribution >= 4 is 30.0 Å². The van der Waals surface area contributed by atoms with E-state index >= 15 is 0 Å². The second-order valence-electron chi connectivity index (χ2n) is 1.51. The summed E-state index contributed by atoms with van der Waals surface area (Å²) in [6, 6.07) is 0. The van der Waals surface area contributed by atoms with E-state index in [-0.39, 0.29) is 5.78 Å². The van der Waals surface area contributed by atoms with E-state index in [9.17, 15) is 4.79 Å². The summed E-state index contributed by atoms with van der Waals surface area (Å²) < 4.78 is -0.972. The van der Waals surface area contributed by atoms with E-state index < -0.39 is 4.21 Å². The van der Waals surface area contributed by atoms with Crippen molar-refractivity contribution in [3.63, 3.8) is 0 Å². The molecule has 0 N–H and O–H groups in total. The standard InChI is InChI=1S/C4H7ClOS/c1-3(6)4(2,5)7/h7H,1-2H3. The van der Waals surface area contributed by atoms with Crippen molar-refractivity contribution in [2.75, 3.05) is 0 Å². The van der Waals surface area contributed by atoms with Crippen molar-refractivity contribution in [2.45, 2.75) is 18.1 Å². The highest BCUT2D eigenvalue weighted by atomic mass is 35.5. The van der Waals surface area contributed by atoms with Gasteiger partial charge < -0.3 is 0 Å². The number of hydrogen-bond donors (Lipinski definition) is 1. The molecule has 0 aromatic heterocycles. The number of hydrogen-bond acceptors (Lipinski definition) is 2. The molecule has 1 atom stereocenters. The van der Waals surface area contributed by atoms with Gasteiger partial charge in [-0.15, -0.1) is 12.6 Å². The van der Waals surface area contributed by atoms with Crippen LogP contribution in [0.2, 0.25) is 0 Å². The lowest BCUT2D eigenvalue weighted by molar-refractivity contribution is -0.117. The highest BCUT2D eigenvalue weighted by Crippen LogP contribution is 2.18. The Morgan fingerprint density at radius 2 is 2.00 bits per heavy atom. The Kier molecular flexibility index (Phi) is 2.14. The number of thiol groups is 1. The Balaban J connectivity index is 3.79. The Labute approximate surface area is 53.5 Å². The van der Waals surface area contributed by atoms with E-state index in [1.165, 1.54) is 6.92 Å². The summed E-state index contributed by atoms with van der Waals surface area (Å²) in [4.78, 5) is 10.3. The molecule has 0 radical (unpaired) electrons. The van der Waals surface area contributed by atoms with Crippen molar-refractivity contribution in [3.05, 3.63) is 0 Å². The molecular weight excluding hydrogens is 132 g/mol. The number of rotatable bonds is 1. The number of Topliss-reactive ketones (excluding diaryl/α,β-unsaturated/α-hetero) is 1. The van der Waals surface area contributed by atoms with Crippen molar-refractivity contribution in [1.82, 2.24) is 0 Å². The lowest BCUT2D eigenvalue weighted by Gasteiger charge is -2.06. The maximum atomic E-state index is 10.3. The molecule has 0 aliphatic heterocycles. The Hall–Kier alpha value is 0.310. The number of halogens is 1. The van der Waals surface area contributed by atoms with Gasteiger partial charge in [0.05, 0.1) is 0 Å². The molecule has 0 aromatic carbocycles. The monoisotopic (exact) mass is 138 g/mol. The summed E-state index contributed by atoms with van der Waals surface area (Å²) in [7, 11) is 0. The Bertz CT molecular complexity index is 84.2. The molecule has 0 heterocycles. The van der Waals surface area contributed by atoms with E-state index in [1.807, 2.05) is 0 Å². The van der Waals surface area contributed by atoms with E-state index in [1.54, 1.807) is 6.92 Å². The molecule has 3 heteroatoms. The van der Waals surface area contributed by atoms with E-state index in [0.717, 1.165) is 0 Å². The van der Waals surface area contributed by atoms with Crippen LogP contribution in [0.4, 0.5) is 0 Å². The molecule has 0 rings (SSSR count). The molecule has 0 spiro atoms. The average Bonchev–Trinajstić information content (AvgIpc) is 1.31. The highest BCUT2D eigenvalue weighted by Gasteiger charge is 2.19. The van der Waals surface area contributed by atoms with Gasteiger partial charge in [-0.2, -0.15) is 0 Å². The van der Waals surface area contributed by atoms with Crippen LogP contribution in [0.25, 0.3) is 0 Å². The van der Waals surface area contributed by atoms with Crippen molar-refractivity contribution in [3.8, 4) is 0 Å². The van der Waals surface area contributed by atoms with Crippen LogP contribution in [0.3, 0.4) is 0 Å². The molecule has 0 saturated carbocycles. The summed E-state index contributed by atoms with van der Waals surface area (Å²) in [5.41, 5.74) is 0. The Morgan fingerprint density at radius 3 is 2.00 bits per heavy atom. The van der Waals surface area contributed by atoms with E-state index in [2.05, 4.69) is 12.6 Å². The predicted molar refractivity (Wildman–Crippen MR) is 33.9 cm³/mol. The number of alkyl halides is 1. The molecular formula is C4H7ClOS. The largest absolute Gasteiger partial charge is 0.297 e. The van der Waals surface area contributed by atoms with Crippen molar-refractivity contribution in [1.29, 1.82) is 0 Å². The van der Waals surface area contributed by atoms with Crippen molar-refractivity contribution in [2.24, 2.45) is 0 Å². The minimum Gasteiger partial charge on any atom is -0.297 e. The third-order valence-corrected chi connectivity index (χ3v) is 1.22. The second-order valence-corrected chi connectivity index (χ2v) is 3.42. The van der Waals surface area contributed by atoms with E-state index in [4.69, 9.17) is 11.6 Å². The summed E-state index contributed by atoms with van der Waals surface area (Å²) in [6.07, 6.45) is 0. The topological polar surface area (TPSA) is 17.1 Å². The van der Waals surface area contributed by atoms with Gasteiger partial charge >= 0.3 is 0 Å². The highest BCUT2D eigenvalue weighted by molar-refractivity contribution is 7.84. The van der Waals surface area contributed by atoms with Crippen LogP contribution in [0.15, 0.2) is 0 Å². The summed E-state index contributed by atoms with van der Waals surface area (Å²) in [5, 5.41) is 0. The summed E-state index contributed by atoms with van der Waals surface area (Å²) in [6.45, 7) is 2.94. The van der Waals surface area contributed by atoms with Gasteiger partial charge in [0.2, 0.25) is 0 Å². The van der Waals surface area contributed by atoms with Crippen LogP contribution in [0, 0.1) is 0 Å². The van der Waals surface area contributed by atoms with Crippen LogP contribution in [0.1, 0.15) is 13.8 Å². The smallest absolute Gasteiger partial charge is 0.160 e. The first-order valence-electron chi connectivity index (χ1n) is 1.87. The molecule has 0 bridgehead atoms. The van der Waals surface area contributed by atoms with Gasteiger partial charge in [-0.3, -0.25) is 4.79 Å².